The van der Waals surface area contributed by atoms with Crippen LogP contribution in [0.4, 0.5) is 0 Å². The average Bonchev–Trinajstić information content (AvgIpc) is 2.45. The maximum absolute atomic E-state index is 12.4. The normalized spacial score (nSPS) is 24.9. The number of hydrogen-bond acceptors (Lipinski definition) is 4. The summed E-state index contributed by atoms with van der Waals surface area (Å²) in [5.41, 5.74) is 5.87. The molecule has 6 heteroatoms. The van der Waals surface area contributed by atoms with Gasteiger partial charge in [0.15, 0.2) is 0 Å². The lowest BCUT2D eigenvalue weighted by molar-refractivity contribution is -0.169. The summed E-state index contributed by atoms with van der Waals surface area (Å²) >= 11 is 0. The summed E-state index contributed by atoms with van der Waals surface area (Å²) in [5.74, 6) is 0.296. The van der Waals surface area contributed by atoms with E-state index in [0.717, 1.165) is 32.5 Å². The van der Waals surface area contributed by atoms with E-state index >= 15 is 0 Å². The molecule has 2 fully saturated rings. The Hall–Kier alpha value is -0.360. The Labute approximate surface area is 127 Å². The van der Waals surface area contributed by atoms with E-state index in [-0.39, 0.29) is 35.9 Å². The van der Waals surface area contributed by atoms with Crippen molar-refractivity contribution in [2.24, 2.45) is 11.7 Å². The Morgan fingerprint density at radius 3 is 2.60 bits per heavy atom. The van der Waals surface area contributed by atoms with Crippen molar-refractivity contribution in [2.75, 3.05) is 32.9 Å². The molecule has 20 heavy (non-hydrogen) atoms. The predicted molar refractivity (Wildman–Crippen MR) is 80.0 cm³/mol. The fraction of sp³-hybridized carbons (Fsp3) is 0.929. The summed E-state index contributed by atoms with van der Waals surface area (Å²) < 4.78 is 11.3. The number of carbonyl (C=O) groups is 1. The number of halogens is 1. The van der Waals surface area contributed by atoms with E-state index < -0.39 is 0 Å². The molecule has 0 radical (unpaired) electrons. The number of carbonyl (C=O) groups excluding carboxylic acids is 1. The third kappa shape index (κ3) is 3.85. The molecule has 2 rings (SSSR count). The topological polar surface area (TPSA) is 64.8 Å². The number of ether oxygens (including phenoxy) is 2. The van der Waals surface area contributed by atoms with Crippen molar-refractivity contribution in [1.82, 2.24) is 4.90 Å². The van der Waals surface area contributed by atoms with Gasteiger partial charge < -0.3 is 20.1 Å². The Morgan fingerprint density at radius 2 is 2.00 bits per heavy atom. The highest BCUT2D eigenvalue weighted by Crippen LogP contribution is 2.29. The molecule has 2 unspecified atom stereocenters. The summed E-state index contributed by atoms with van der Waals surface area (Å²) in [7, 11) is 0. The number of rotatable bonds is 3. The minimum Gasteiger partial charge on any atom is -0.381 e. The van der Waals surface area contributed by atoms with Crippen LogP contribution in [0.3, 0.4) is 0 Å². The highest BCUT2D eigenvalue weighted by molar-refractivity contribution is 5.85. The van der Waals surface area contributed by atoms with Gasteiger partial charge in [-0.1, -0.05) is 20.3 Å². The maximum Gasteiger partial charge on any atom is 0.239 e. The molecule has 0 aromatic carbocycles. The van der Waals surface area contributed by atoms with Crippen molar-refractivity contribution in [3.8, 4) is 0 Å². The second kappa shape index (κ2) is 7.59. The summed E-state index contributed by atoms with van der Waals surface area (Å²) in [5, 5.41) is 0. The summed E-state index contributed by atoms with van der Waals surface area (Å²) in [4.78, 5) is 14.3. The maximum atomic E-state index is 12.4. The third-order valence-electron chi connectivity index (χ3n) is 4.51. The first kappa shape index (κ1) is 17.7. The van der Waals surface area contributed by atoms with E-state index in [0.29, 0.717) is 19.7 Å². The van der Waals surface area contributed by atoms with Crippen LogP contribution >= 0.6 is 12.4 Å². The minimum absolute atomic E-state index is 0. The molecule has 2 atom stereocenters. The molecule has 0 aromatic rings. The van der Waals surface area contributed by atoms with Crippen molar-refractivity contribution >= 4 is 18.3 Å². The molecule has 2 heterocycles. The molecule has 0 saturated carbocycles. The molecule has 0 aromatic heterocycles. The molecule has 0 bridgehead atoms. The molecular weight excluding hydrogens is 280 g/mol. The van der Waals surface area contributed by atoms with Crippen LogP contribution in [-0.4, -0.2) is 55.4 Å². The van der Waals surface area contributed by atoms with Gasteiger partial charge in [0.2, 0.25) is 5.91 Å². The van der Waals surface area contributed by atoms with Crippen LogP contribution in [0.1, 0.15) is 33.1 Å². The van der Waals surface area contributed by atoms with E-state index in [1.807, 2.05) is 11.8 Å². The van der Waals surface area contributed by atoms with Gasteiger partial charge in [0.1, 0.15) is 0 Å². The zero-order valence-corrected chi connectivity index (χ0v) is 13.3. The summed E-state index contributed by atoms with van der Waals surface area (Å²) in [6.07, 6.45) is 2.67. The first-order valence-corrected chi connectivity index (χ1v) is 7.34. The summed E-state index contributed by atoms with van der Waals surface area (Å²) in [6, 6.07) is -0.389. The number of nitrogens with two attached hydrogens (primary N) is 1. The first-order chi connectivity index (χ1) is 9.08. The lowest BCUT2D eigenvalue weighted by Gasteiger charge is -2.45. The monoisotopic (exact) mass is 306 g/mol. The van der Waals surface area contributed by atoms with Crippen LogP contribution in [-0.2, 0) is 14.3 Å². The van der Waals surface area contributed by atoms with Gasteiger partial charge in [-0.25, -0.2) is 0 Å². The minimum atomic E-state index is -0.389. The van der Waals surface area contributed by atoms with Crippen molar-refractivity contribution in [1.29, 1.82) is 0 Å². The molecule has 2 saturated heterocycles. The lowest BCUT2D eigenvalue weighted by Crippen LogP contribution is -2.59. The average molecular weight is 307 g/mol. The lowest BCUT2D eigenvalue weighted by atomic mass is 9.91. The second-order valence-electron chi connectivity index (χ2n) is 5.81. The van der Waals surface area contributed by atoms with Crippen molar-refractivity contribution in [2.45, 2.75) is 44.8 Å². The van der Waals surface area contributed by atoms with Crippen LogP contribution in [0.2, 0.25) is 0 Å². The number of morpholine rings is 1. The standard InChI is InChI=1S/C14H26N2O3.ClH/c1-3-11(2)12(15)13(17)16-6-9-19-14(10-16)4-7-18-8-5-14;/h11-12H,3-10,15H2,1-2H3;1H. The smallest absolute Gasteiger partial charge is 0.239 e. The van der Waals surface area contributed by atoms with Crippen molar-refractivity contribution in [3.05, 3.63) is 0 Å². The Kier molecular flexibility index (Phi) is 6.72. The molecule has 2 aliphatic heterocycles. The van der Waals surface area contributed by atoms with Gasteiger partial charge in [0.05, 0.1) is 18.2 Å². The number of amides is 1. The highest BCUT2D eigenvalue weighted by Gasteiger charge is 2.40. The molecule has 2 aliphatic rings. The van der Waals surface area contributed by atoms with E-state index in [9.17, 15) is 4.79 Å². The van der Waals surface area contributed by atoms with Gasteiger partial charge in [0, 0.05) is 39.1 Å². The Balaban J connectivity index is 0.00000200. The zero-order chi connectivity index (χ0) is 13.9. The number of hydrogen-bond donors (Lipinski definition) is 1. The van der Waals surface area contributed by atoms with E-state index in [2.05, 4.69) is 6.92 Å². The molecule has 1 spiro atoms. The van der Waals surface area contributed by atoms with Crippen LogP contribution in [0, 0.1) is 5.92 Å². The molecular formula is C14H27ClN2O3. The van der Waals surface area contributed by atoms with Crippen LogP contribution in [0.5, 0.6) is 0 Å². The van der Waals surface area contributed by atoms with Gasteiger partial charge in [-0.2, -0.15) is 0 Å². The number of nitrogens with zero attached hydrogens (tertiary/aromatic N) is 1. The van der Waals surface area contributed by atoms with Gasteiger partial charge in [-0.05, 0) is 5.92 Å². The molecule has 0 aliphatic carbocycles. The molecule has 118 valence electrons. The van der Waals surface area contributed by atoms with E-state index in [1.165, 1.54) is 0 Å². The van der Waals surface area contributed by atoms with Crippen LogP contribution in [0.25, 0.3) is 0 Å². The van der Waals surface area contributed by atoms with Crippen LogP contribution in [0.15, 0.2) is 0 Å². The fourth-order valence-electron chi connectivity index (χ4n) is 2.79. The van der Waals surface area contributed by atoms with Crippen molar-refractivity contribution < 1.29 is 14.3 Å². The second-order valence-corrected chi connectivity index (χ2v) is 5.81. The first-order valence-electron chi connectivity index (χ1n) is 7.34. The third-order valence-corrected chi connectivity index (χ3v) is 4.51. The SMILES string of the molecule is CCC(C)C(N)C(=O)N1CCOC2(CCOCC2)C1.Cl. The molecule has 5 nitrogen and oxygen atoms in total. The predicted octanol–water partition coefficient (Wildman–Crippen LogP) is 1.19. The molecule has 1 amide bonds. The van der Waals surface area contributed by atoms with Gasteiger partial charge in [-0.3, -0.25) is 4.79 Å². The largest absolute Gasteiger partial charge is 0.381 e. The zero-order valence-electron chi connectivity index (χ0n) is 12.5. The Bertz CT molecular complexity index is 316. The van der Waals surface area contributed by atoms with Crippen molar-refractivity contribution in [3.63, 3.8) is 0 Å². The fourth-order valence-corrected chi connectivity index (χ4v) is 2.79. The van der Waals surface area contributed by atoms with E-state index in [1.54, 1.807) is 0 Å². The van der Waals surface area contributed by atoms with E-state index in [4.69, 9.17) is 15.2 Å². The van der Waals surface area contributed by atoms with Gasteiger partial charge in [-0.15, -0.1) is 12.4 Å². The Morgan fingerprint density at radius 1 is 1.35 bits per heavy atom. The molecule has 2 N–H and O–H groups in total. The van der Waals surface area contributed by atoms with Gasteiger partial charge in [0.25, 0.3) is 0 Å². The highest BCUT2D eigenvalue weighted by atomic mass is 35.5. The quantitative estimate of drug-likeness (QED) is 0.850. The van der Waals surface area contributed by atoms with Gasteiger partial charge >= 0.3 is 0 Å². The van der Waals surface area contributed by atoms with Crippen LogP contribution < -0.4 is 5.73 Å². The summed E-state index contributed by atoms with van der Waals surface area (Å²) in [6.45, 7) is 7.48.